The Bertz CT molecular complexity index is 656. The minimum absolute atomic E-state index is 0.174. The molecule has 0 fully saturated rings. The number of benzene rings is 1. The van der Waals surface area contributed by atoms with Gasteiger partial charge in [0, 0.05) is 0 Å². The van der Waals surface area contributed by atoms with E-state index in [9.17, 15) is 4.79 Å². The minimum atomic E-state index is -0.620. The van der Waals surface area contributed by atoms with E-state index in [4.69, 9.17) is 16.2 Å². The summed E-state index contributed by atoms with van der Waals surface area (Å²) in [5.74, 6) is 0.567. The van der Waals surface area contributed by atoms with Crippen molar-refractivity contribution in [1.82, 2.24) is 4.98 Å². The van der Waals surface area contributed by atoms with Crippen LogP contribution in [0.4, 0.5) is 5.69 Å². The maximum atomic E-state index is 11.5. The van der Waals surface area contributed by atoms with Crippen molar-refractivity contribution >= 4 is 11.6 Å². The summed E-state index contributed by atoms with van der Waals surface area (Å²) in [4.78, 5) is 15.6. The van der Waals surface area contributed by atoms with Crippen LogP contribution < -0.4 is 16.2 Å². The number of carbonyl (C=O) groups is 1. The molecule has 4 N–H and O–H groups in total. The van der Waals surface area contributed by atoms with Crippen LogP contribution in [0.3, 0.4) is 0 Å². The highest BCUT2D eigenvalue weighted by Gasteiger charge is 2.16. The Morgan fingerprint density at radius 1 is 1.38 bits per heavy atom. The van der Waals surface area contributed by atoms with Gasteiger partial charge in [-0.2, -0.15) is 0 Å². The summed E-state index contributed by atoms with van der Waals surface area (Å²) >= 11 is 0. The third-order valence-electron chi connectivity index (χ3n) is 3.41. The molecule has 1 aromatic heterocycles. The van der Waals surface area contributed by atoms with Gasteiger partial charge in [-0.25, -0.2) is 4.98 Å². The Labute approximate surface area is 123 Å². The highest BCUT2D eigenvalue weighted by Crippen LogP contribution is 2.32. The van der Waals surface area contributed by atoms with Gasteiger partial charge in [0.05, 0.1) is 11.9 Å². The number of hydrogen-bond acceptors (Lipinski definition) is 4. The summed E-state index contributed by atoms with van der Waals surface area (Å²) in [7, 11) is 0. The highest BCUT2D eigenvalue weighted by molar-refractivity contribution is 5.95. The standard InChI is InChI=1S/C16H19N3O2/c1-3-10(2)12-6-4-5-7-14(12)21-16-13(15(18)20)8-11(17)9-19-16/h4-10H,3,17H2,1-2H3,(H2,18,20). The first-order chi connectivity index (χ1) is 10.0. The average molecular weight is 285 g/mol. The number of nitrogens with zero attached hydrogens (tertiary/aromatic N) is 1. The molecule has 5 heteroatoms. The highest BCUT2D eigenvalue weighted by atomic mass is 16.5. The van der Waals surface area contributed by atoms with Crippen LogP contribution in [0.25, 0.3) is 0 Å². The van der Waals surface area contributed by atoms with Crippen LogP contribution >= 0.6 is 0 Å². The SMILES string of the molecule is CCC(C)c1ccccc1Oc1ncc(N)cc1C(N)=O. The number of ether oxygens (including phenoxy) is 1. The number of aromatic nitrogens is 1. The van der Waals surface area contributed by atoms with E-state index in [1.54, 1.807) is 0 Å². The van der Waals surface area contributed by atoms with Gasteiger partial charge >= 0.3 is 0 Å². The van der Waals surface area contributed by atoms with E-state index in [0.29, 0.717) is 17.4 Å². The Hall–Kier alpha value is -2.56. The van der Waals surface area contributed by atoms with E-state index in [1.165, 1.54) is 12.3 Å². The fourth-order valence-electron chi connectivity index (χ4n) is 2.03. The molecule has 0 aliphatic rings. The molecule has 5 nitrogen and oxygen atoms in total. The molecule has 0 saturated carbocycles. The van der Waals surface area contributed by atoms with Gasteiger partial charge in [-0.3, -0.25) is 4.79 Å². The normalized spacial score (nSPS) is 11.9. The quantitative estimate of drug-likeness (QED) is 0.883. The van der Waals surface area contributed by atoms with E-state index in [-0.39, 0.29) is 11.4 Å². The second kappa shape index (κ2) is 6.26. The van der Waals surface area contributed by atoms with Gasteiger partial charge in [0.1, 0.15) is 11.3 Å². The number of nitrogens with two attached hydrogens (primary N) is 2. The van der Waals surface area contributed by atoms with Gasteiger partial charge in [0.25, 0.3) is 5.91 Å². The third kappa shape index (κ3) is 3.31. The molecule has 0 aliphatic heterocycles. The summed E-state index contributed by atoms with van der Waals surface area (Å²) < 4.78 is 5.81. The predicted octanol–water partition coefficient (Wildman–Crippen LogP) is 3.07. The molecule has 2 rings (SSSR count). The first-order valence-corrected chi connectivity index (χ1v) is 6.85. The summed E-state index contributed by atoms with van der Waals surface area (Å²) in [6.07, 6.45) is 2.42. The monoisotopic (exact) mass is 285 g/mol. The molecule has 1 aromatic carbocycles. The molecule has 0 saturated heterocycles. The van der Waals surface area contributed by atoms with E-state index in [1.807, 2.05) is 24.3 Å². The minimum Gasteiger partial charge on any atom is -0.438 e. The van der Waals surface area contributed by atoms with E-state index >= 15 is 0 Å². The maximum Gasteiger partial charge on any atom is 0.254 e. The number of para-hydroxylation sites is 1. The average Bonchev–Trinajstić information content (AvgIpc) is 2.48. The molecule has 2 aromatic rings. The Balaban J connectivity index is 2.41. The summed E-state index contributed by atoms with van der Waals surface area (Å²) in [6.45, 7) is 4.23. The van der Waals surface area contributed by atoms with Crippen LogP contribution in [0.2, 0.25) is 0 Å². The van der Waals surface area contributed by atoms with Gasteiger partial charge in [0.15, 0.2) is 0 Å². The van der Waals surface area contributed by atoms with Gasteiger partial charge in [-0.05, 0) is 30.0 Å². The summed E-state index contributed by atoms with van der Waals surface area (Å²) in [5.41, 5.74) is 12.6. The van der Waals surface area contributed by atoms with Gasteiger partial charge in [-0.15, -0.1) is 0 Å². The molecule has 1 amide bonds. The van der Waals surface area contributed by atoms with Crippen LogP contribution in [0.1, 0.15) is 42.1 Å². The topological polar surface area (TPSA) is 91.2 Å². The second-order valence-corrected chi connectivity index (χ2v) is 4.93. The zero-order valence-electron chi connectivity index (χ0n) is 12.2. The molecular weight excluding hydrogens is 266 g/mol. The first-order valence-electron chi connectivity index (χ1n) is 6.85. The third-order valence-corrected chi connectivity index (χ3v) is 3.41. The lowest BCUT2D eigenvalue weighted by molar-refractivity contribution is 0.0997. The van der Waals surface area contributed by atoms with Gasteiger partial charge in [0.2, 0.25) is 5.88 Å². The number of carbonyl (C=O) groups excluding carboxylic acids is 1. The van der Waals surface area contributed by atoms with Crippen LogP contribution in [0.15, 0.2) is 36.5 Å². The molecule has 0 bridgehead atoms. The molecule has 21 heavy (non-hydrogen) atoms. The van der Waals surface area contributed by atoms with E-state index in [0.717, 1.165) is 12.0 Å². The second-order valence-electron chi connectivity index (χ2n) is 4.93. The molecule has 0 radical (unpaired) electrons. The summed E-state index contributed by atoms with van der Waals surface area (Å²) in [5, 5.41) is 0. The van der Waals surface area contributed by atoms with Crippen molar-refractivity contribution in [3.63, 3.8) is 0 Å². The molecule has 1 heterocycles. The number of rotatable bonds is 5. The van der Waals surface area contributed by atoms with Crippen LogP contribution in [0.5, 0.6) is 11.6 Å². The fourth-order valence-corrected chi connectivity index (χ4v) is 2.03. The van der Waals surface area contributed by atoms with Crippen molar-refractivity contribution in [3.05, 3.63) is 47.7 Å². The Morgan fingerprint density at radius 2 is 2.10 bits per heavy atom. The molecular formula is C16H19N3O2. The summed E-state index contributed by atoms with van der Waals surface area (Å²) in [6, 6.07) is 9.16. The number of hydrogen-bond donors (Lipinski definition) is 2. The number of pyridine rings is 1. The zero-order valence-corrected chi connectivity index (χ0v) is 12.2. The van der Waals surface area contributed by atoms with Gasteiger partial charge in [-0.1, -0.05) is 32.0 Å². The Morgan fingerprint density at radius 3 is 2.76 bits per heavy atom. The molecule has 1 atom stereocenters. The number of amides is 1. The Kier molecular flexibility index (Phi) is 4.42. The fraction of sp³-hybridized carbons (Fsp3) is 0.250. The molecule has 110 valence electrons. The largest absolute Gasteiger partial charge is 0.438 e. The zero-order chi connectivity index (χ0) is 15.4. The molecule has 0 spiro atoms. The molecule has 1 unspecified atom stereocenters. The van der Waals surface area contributed by atoms with Gasteiger partial charge < -0.3 is 16.2 Å². The number of nitrogen functional groups attached to an aromatic ring is 1. The van der Waals surface area contributed by atoms with E-state index in [2.05, 4.69) is 18.8 Å². The van der Waals surface area contributed by atoms with Crippen molar-refractivity contribution in [2.45, 2.75) is 26.2 Å². The lowest BCUT2D eigenvalue weighted by atomic mass is 9.98. The predicted molar refractivity (Wildman–Crippen MR) is 82.4 cm³/mol. The lowest BCUT2D eigenvalue weighted by Crippen LogP contribution is -2.13. The van der Waals surface area contributed by atoms with Crippen molar-refractivity contribution in [3.8, 4) is 11.6 Å². The number of anilines is 1. The van der Waals surface area contributed by atoms with Crippen LogP contribution in [-0.4, -0.2) is 10.9 Å². The van der Waals surface area contributed by atoms with Crippen LogP contribution in [0, 0.1) is 0 Å². The van der Waals surface area contributed by atoms with Crippen molar-refractivity contribution in [2.24, 2.45) is 5.73 Å². The van der Waals surface area contributed by atoms with Crippen molar-refractivity contribution < 1.29 is 9.53 Å². The lowest BCUT2D eigenvalue weighted by Gasteiger charge is -2.16. The molecule has 0 aliphatic carbocycles. The van der Waals surface area contributed by atoms with E-state index < -0.39 is 5.91 Å². The first kappa shape index (κ1) is 14.8. The number of primary amides is 1. The van der Waals surface area contributed by atoms with Crippen molar-refractivity contribution in [1.29, 1.82) is 0 Å². The smallest absolute Gasteiger partial charge is 0.254 e. The maximum absolute atomic E-state index is 11.5. The van der Waals surface area contributed by atoms with Crippen LogP contribution in [-0.2, 0) is 0 Å². The van der Waals surface area contributed by atoms with Crippen molar-refractivity contribution in [2.75, 3.05) is 5.73 Å².